The number of aliphatic carboxylic acids is 2. The second-order valence-electron chi connectivity index (χ2n) is 23.3. The summed E-state index contributed by atoms with van der Waals surface area (Å²) in [5.41, 5.74) is 0. The molecule has 9 heteroatoms. The normalized spacial score (nSPS) is 11.0. The number of carboxylic acids is 2. The van der Waals surface area contributed by atoms with Crippen molar-refractivity contribution < 1.29 is 38.9 Å². The summed E-state index contributed by atoms with van der Waals surface area (Å²) in [6.45, 7) is 5.76. The summed E-state index contributed by atoms with van der Waals surface area (Å²) >= 11 is 0. The van der Waals surface area contributed by atoms with E-state index in [1.165, 1.54) is 295 Å². The first kappa shape index (κ1) is 80.4. The Morgan fingerprint density at radius 2 is 0.364 bits per heavy atom. The largest absolute Gasteiger partial charge is 2.00 e. The Morgan fingerprint density at radius 3 is 0.532 bits per heavy atom. The van der Waals surface area contributed by atoms with Gasteiger partial charge in [-0.05, 0) is 51.4 Å². The van der Waals surface area contributed by atoms with Crippen molar-refractivity contribution in [2.75, 3.05) is 13.2 Å². The molecular weight excluding hydrogens is 985 g/mol. The van der Waals surface area contributed by atoms with E-state index < -0.39 is 11.9 Å². The fourth-order valence-corrected chi connectivity index (χ4v) is 10.4. The van der Waals surface area contributed by atoms with Crippen LogP contribution in [0.15, 0.2) is 0 Å². The Morgan fingerprint density at radius 1 is 0.221 bits per heavy atom. The summed E-state index contributed by atoms with van der Waals surface area (Å²) in [5.74, 6) is -1.82. The Kier molecular flexibility index (Phi) is 76.3. The monoisotopic (exact) mass is 1110 g/mol. The summed E-state index contributed by atoms with van der Waals surface area (Å²) in [6, 6.07) is 0. The van der Waals surface area contributed by atoms with E-state index in [9.17, 15) is 29.4 Å². The molecule has 0 aliphatic heterocycles. The molecule has 0 heterocycles. The maximum atomic E-state index is 11.9. The Bertz CT molecular complexity index is 1080. The molecule has 0 aliphatic carbocycles. The number of carbonyl (C=O) groups is 4. The molecule has 0 saturated heterocycles. The SMILES string of the molecule is CCCCCCCCCCCCCCCC(=O)OCCCCCCCCCCCCCCCCCC(=O)[O-].CCCCCCCCCCCCCCCC(=O)OCCCCCCCCCCCCCCCCCC(=O)[O-].[Ca+2]. The molecule has 0 amide bonds. The van der Waals surface area contributed by atoms with E-state index in [4.69, 9.17) is 9.47 Å². The van der Waals surface area contributed by atoms with Gasteiger partial charge in [-0.1, -0.05) is 335 Å². The Balaban J connectivity index is -0.00000140. The Hall–Kier alpha value is -0.860. The van der Waals surface area contributed by atoms with E-state index in [0.717, 1.165) is 64.2 Å². The fourth-order valence-electron chi connectivity index (χ4n) is 10.4. The van der Waals surface area contributed by atoms with Crippen LogP contribution in [0.1, 0.15) is 399 Å². The third kappa shape index (κ3) is 79.4. The van der Waals surface area contributed by atoms with Crippen molar-refractivity contribution in [1.29, 1.82) is 0 Å². The van der Waals surface area contributed by atoms with Crippen LogP contribution in [-0.2, 0) is 28.7 Å². The van der Waals surface area contributed by atoms with Gasteiger partial charge in [0.2, 0.25) is 0 Å². The molecule has 0 aliphatic rings. The zero-order chi connectivity index (χ0) is 55.6. The molecule has 0 rings (SSSR count). The summed E-state index contributed by atoms with van der Waals surface area (Å²) in [5, 5.41) is 20.7. The van der Waals surface area contributed by atoms with Gasteiger partial charge >= 0.3 is 49.7 Å². The molecule has 8 nitrogen and oxygen atoms in total. The molecular formula is C68H130CaO8. The van der Waals surface area contributed by atoms with Crippen LogP contribution in [0.2, 0.25) is 0 Å². The second-order valence-corrected chi connectivity index (χ2v) is 23.3. The molecule has 452 valence electrons. The van der Waals surface area contributed by atoms with Gasteiger partial charge < -0.3 is 29.3 Å². The first-order chi connectivity index (χ1) is 37.3. The maximum Gasteiger partial charge on any atom is 2.00 e. The van der Waals surface area contributed by atoms with Crippen molar-refractivity contribution in [3.05, 3.63) is 0 Å². The van der Waals surface area contributed by atoms with E-state index in [1.54, 1.807) is 0 Å². The van der Waals surface area contributed by atoms with Gasteiger partial charge in [-0.25, -0.2) is 0 Å². The van der Waals surface area contributed by atoms with Gasteiger partial charge in [0.15, 0.2) is 0 Å². The first-order valence-corrected chi connectivity index (χ1v) is 34.0. The average molecular weight is 1120 g/mol. The van der Waals surface area contributed by atoms with Crippen molar-refractivity contribution in [3.8, 4) is 0 Å². The van der Waals surface area contributed by atoms with Gasteiger partial charge in [-0.15, -0.1) is 0 Å². The summed E-state index contributed by atoms with van der Waals surface area (Å²) < 4.78 is 10.8. The number of rotatable bonds is 64. The number of unbranched alkanes of at least 4 members (excludes halogenated alkanes) is 52. The molecule has 0 aromatic rings. The van der Waals surface area contributed by atoms with Gasteiger partial charge in [-0.2, -0.15) is 0 Å². The zero-order valence-electron chi connectivity index (χ0n) is 51.8. The molecule has 0 spiro atoms. The maximum absolute atomic E-state index is 11.9. The Labute approximate surface area is 509 Å². The number of carbonyl (C=O) groups excluding carboxylic acids is 4. The van der Waals surface area contributed by atoms with Crippen molar-refractivity contribution >= 4 is 61.6 Å². The van der Waals surface area contributed by atoms with Crippen molar-refractivity contribution in [3.63, 3.8) is 0 Å². The molecule has 0 atom stereocenters. The summed E-state index contributed by atoms with van der Waals surface area (Å²) in [4.78, 5) is 44.5. The van der Waals surface area contributed by atoms with Gasteiger partial charge in [0.25, 0.3) is 0 Å². The smallest absolute Gasteiger partial charge is 0.550 e. The van der Waals surface area contributed by atoms with E-state index in [2.05, 4.69) is 13.8 Å². The summed E-state index contributed by atoms with van der Waals surface area (Å²) in [7, 11) is 0. The molecule has 0 unspecified atom stereocenters. The van der Waals surface area contributed by atoms with Crippen molar-refractivity contribution in [2.24, 2.45) is 0 Å². The summed E-state index contributed by atoms with van der Waals surface area (Å²) in [6.07, 6.45) is 72.7. The predicted octanol–water partition coefficient (Wildman–Crippen LogP) is 19.6. The van der Waals surface area contributed by atoms with Gasteiger partial charge in [0.1, 0.15) is 0 Å². The van der Waals surface area contributed by atoms with Gasteiger partial charge in [0.05, 0.1) is 13.2 Å². The van der Waals surface area contributed by atoms with Crippen LogP contribution in [0.25, 0.3) is 0 Å². The standard InChI is InChI=1S/2C34H66O4.Ca/c2*1-2-3-4-5-6-7-8-12-16-19-22-25-28-31-34(37)38-32-29-26-23-20-17-14-11-9-10-13-15-18-21-24-27-30-33(35)36;/h2*2-32H2,1H3,(H,35,36);/q;;+2/p-2. The number of ether oxygens (including phenoxy) is 2. The number of hydrogen-bond donors (Lipinski definition) is 0. The van der Waals surface area contributed by atoms with Gasteiger partial charge in [0, 0.05) is 24.8 Å². The van der Waals surface area contributed by atoms with Crippen LogP contribution in [0.5, 0.6) is 0 Å². The number of carboxylic acid groups (broad SMARTS) is 2. The number of esters is 2. The third-order valence-electron chi connectivity index (χ3n) is 15.5. The topological polar surface area (TPSA) is 133 Å². The van der Waals surface area contributed by atoms with Crippen molar-refractivity contribution in [2.45, 2.75) is 399 Å². The van der Waals surface area contributed by atoms with Crippen LogP contribution in [0, 0.1) is 0 Å². The van der Waals surface area contributed by atoms with E-state index in [0.29, 0.717) is 26.1 Å². The van der Waals surface area contributed by atoms with E-state index >= 15 is 0 Å². The molecule has 0 saturated carbocycles. The molecule has 0 bridgehead atoms. The molecule has 77 heavy (non-hydrogen) atoms. The minimum atomic E-state index is -0.916. The minimum absolute atomic E-state index is 0. The molecule has 0 N–H and O–H groups in total. The van der Waals surface area contributed by atoms with Crippen LogP contribution < -0.4 is 10.2 Å². The van der Waals surface area contributed by atoms with E-state index in [1.807, 2.05) is 0 Å². The first-order valence-electron chi connectivity index (χ1n) is 34.0. The molecule has 0 radical (unpaired) electrons. The zero-order valence-corrected chi connectivity index (χ0v) is 54.0. The third-order valence-corrected chi connectivity index (χ3v) is 15.5. The second kappa shape index (κ2) is 73.2. The van der Waals surface area contributed by atoms with Crippen LogP contribution in [0.4, 0.5) is 0 Å². The van der Waals surface area contributed by atoms with Crippen molar-refractivity contribution in [1.82, 2.24) is 0 Å². The van der Waals surface area contributed by atoms with E-state index in [-0.39, 0.29) is 62.5 Å². The van der Waals surface area contributed by atoms with Crippen LogP contribution >= 0.6 is 0 Å². The molecule has 0 aromatic heterocycles. The van der Waals surface area contributed by atoms with Crippen LogP contribution in [0.3, 0.4) is 0 Å². The minimum Gasteiger partial charge on any atom is -0.550 e. The average Bonchev–Trinajstić information content (AvgIpc) is 3.40. The van der Waals surface area contributed by atoms with Gasteiger partial charge in [-0.3, -0.25) is 9.59 Å². The predicted molar refractivity (Wildman–Crippen MR) is 326 cm³/mol. The fraction of sp³-hybridized carbons (Fsp3) is 0.941. The van der Waals surface area contributed by atoms with Crippen LogP contribution in [-0.4, -0.2) is 74.8 Å². The number of hydrogen-bond acceptors (Lipinski definition) is 8. The molecule has 0 aromatic carbocycles. The quantitative estimate of drug-likeness (QED) is 0.0334. The molecule has 0 fully saturated rings.